The topological polar surface area (TPSA) is 84.9 Å². The van der Waals surface area contributed by atoms with E-state index in [1.54, 1.807) is 4.72 Å². The Balaban J connectivity index is 2.18. The lowest BCUT2D eigenvalue weighted by Crippen LogP contribution is -2.39. The highest BCUT2D eigenvalue weighted by Crippen LogP contribution is 2.33. The number of alkyl halides is 3. The molecule has 0 aliphatic heterocycles. The lowest BCUT2D eigenvalue weighted by atomic mass is 10.1. The Morgan fingerprint density at radius 3 is 2.35 bits per heavy atom. The highest BCUT2D eigenvalue weighted by molar-refractivity contribution is 7.87. The molecule has 1 amide bonds. The van der Waals surface area contributed by atoms with Crippen molar-refractivity contribution < 1.29 is 44.6 Å². The van der Waals surface area contributed by atoms with Gasteiger partial charge in [-0.3, -0.25) is 4.79 Å². The van der Waals surface area contributed by atoms with Crippen molar-refractivity contribution in [2.75, 3.05) is 14.1 Å². The van der Waals surface area contributed by atoms with Gasteiger partial charge in [0.25, 0.3) is 5.91 Å². The molecular weight excluding hydrogens is 475 g/mol. The molecule has 0 aliphatic rings. The van der Waals surface area contributed by atoms with Crippen molar-refractivity contribution in [1.82, 2.24) is 9.03 Å². The molecule has 2 aromatic carbocycles. The maximum Gasteiger partial charge on any atom is 0.573 e. The van der Waals surface area contributed by atoms with E-state index in [-0.39, 0.29) is 10.8 Å². The first-order valence-corrected chi connectivity index (χ1v) is 9.92. The summed E-state index contributed by atoms with van der Waals surface area (Å²) >= 11 is 5.60. The number of halogens is 6. The molecule has 7 nitrogen and oxygen atoms in total. The number of amides is 1. The molecule has 0 radical (unpaired) electrons. The van der Waals surface area contributed by atoms with Gasteiger partial charge in [-0.25, -0.2) is 13.5 Å². The standard InChI is InChI=1S/C17H14ClF5N2O5S/c1-25(2)31(27,28)24-16(26)11-7-13(19)9(5-14(11)20)8-29-10-3-4-12(18)15(6-10)30-17(21,22)23/h3-7H,8H2,1-2H3,(H,24,26). The van der Waals surface area contributed by atoms with Crippen LogP contribution < -0.4 is 14.2 Å². The van der Waals surface area contributed by atoms with E-state index in [1.807, 2.05) is 0 Å². The molecule has 0 fully saturated rings. The monoisotopic (exact) mass is 488 g/mol. The molecule has 31 heavy (non-hydrogen) atoms. The van der Waals surface area contributed by atoms with Gasteiger partial charge in [0.15, 0.2) is 5.75 Å². The van der Waals surface area contributed by atoms with Crippen molar-refractivity contribution in [3.63, 3.8) is 0 Å². The average Bonchev–Trinajstić information content (AvgIpc) is 2.62. The van der Waals surface area contributed by atoms with Gasteiger partial charge in [-0.2, -0.15) is 12.7 Å². The van der Waals surface area contributed by atoms with Gasteiger partial charge in [0.05, 0.1) is 10.6 Å². The van der Waals surface area contributed by atoms with Gasteiger partial charge < -0.3 is 9.47 Å². The van der Waals surface area contributed by atoms with Gasteiger partial charge in [-0.1, -0.05) is 11.6 Å². The van der Waals surface area contributed by atoms with E-state index in [0.717, 1.165) is 26.2 Å². The number of benzene rings is 2. The van der Waals surface area contributed by atoms with Crippen molar-refractivity contribution in [1.29, 1.82) is 0 Å². The van der Waals surface area contributed by atoms with Crippen LogP contribution in [0, 0.1) is 11.6 Å². The molecule has 14 heteroatoms. The number of rotatable bonds is 7. The number of carbonyl (C=O) groups is 1. The zero-order valence-corrected chi connectivity index (χ0v) is 17.3. The van der Waals surface area contributed by atoms with Gasteiger partial charge in [-0.05, 0) is 24.3 Å². The van der Waals surface area contributed by atoms with Crippen LogP contribution in [0.4, 0.5) is 22.0 Å². The lowest BCUT2D eigenvalue weighted by molar-refractivity contribution is -0.274. The first-order chi connectivity index (χ1) is 14.2. The maximum absolute atomic E-state index is 14.3. The fourth-order valence-electron chi connectivity index (χ4n) is 2.07. The third kappa shape index (κ3) is 6.67. The van der Waals surface area contributed by atoms with E-state index >= 15 is 0 Å². The maximum atomic E-state index is 14.3. The predicted molar refractivity (Wildman–Crippen MR) is 98.9 cm³/mol. The first kappa shape index (κ1) is 24.6. The summed E-state index contributed by atoms with van der Waals surface area (Å²) in [7, 11) is -2.00. The second-order valence-electron chi connectivity index (χ2n) is 6.07. The number of carbonyl (C=O) groups excluding carboxylic acids is 1. The predicted octanol–water partition coefficient (Wildman–Crippen LogP) is 3.63. The zero-order valence-electron chi connectivity index (χ0n) is 15.8. The normalized spacial score (nSPS) is 12.0. The third-order valence-electron chi connectivity index (χ3n) is 3.61. The average molecular weight is 489 g/mol. The molecule has 0 aliphatic carbocycles. The smallest absolute Gasteiger partial charge is 0.489 e. The number of nitrogens with one attached hydrogen (secondary N) is 1. The van der Waals surface area contributed by atoms with E-state index in [9.17, 15) is 35.2 Å². The van der Waals surface area contributed by atoms with Gasteiger partial charge >= 0.3 is 16.6 Å². The third-order valence-corrected chi connectivity index (χ3v) is 5.32. The summed E-state index contributed by atoms with van der Waals surface area (Å²) in [6, 6.07) is 4.09. The van der Waals surface area contributed by atoms with Crippen molar-refractivity contribution in [3.05, 3.63) is 58.1 Å². The molecule has 2 aromatic rings. The number of hydrogen-bond acceptors (Lipinski definition) is 5. The summed E-state index contributed by atoms with van der Waals surface area (Å²) in [6.07, 6.45) is -5.01. The molecule has 0 heterocycles. The Bertz CT molecular complexity index is 1090. The Morgan fingerprint density at radius 2 is 1.77 bits per heavy atom. The van der Waals surface area contributed by atoms with E-state index in [2.05, 4.69) is 4.74 Å². The summed E-state index contributed by atoms with van der Waals surface area (Å²) in [5.41, 5.74) is -1.27. The van der Waals surface area contributed by atoms with Crippen LogP contribution in [0.2, 0.25) is 5.02 Å². The summed E-state index contributed by atoms with van der Waals surface area (Å²) in [4.78, 5) is 11.9. The Labute approximate surface area is 178 Å². The summed E-state index contributed by atoms with van der Waals surface area (Å²) in [5.74, 6) is -4.71. The minimum Gasteiger partial charge on any atom is -0.489 e. The lowest BCUT2D eigenvalue weighted by Gasteiger charge is -2.14. The molecule has 0 bridgehead atoms. The Morgan fingerprint density at radius 1 is 1.13 bits per heavy atom. The van der Waals surface area contributed by atoms with Gasteiger partial charge in [0.2, 0.25) is 0 Å². The van der Waals surface area contributed by atoms with Crippen molar-refractivity contribution in [2.45, 2.75) is 13.0 Å². The zero-order chi connectivity index (χ0) is 23.6. The Kier molecular flexibility index (Phi) is 7.34. The molecule has 0 aromatic heterocycles. The van der Waals surface area contributed by atoms with Gasteiger partial charge in [0, 0.05) is 25.7 Å². The SMILES string of the molecule is CN(C)S(=O)(=O)NC(=O)c1cc(F)c(COc2ccc(Cl)c(OC(F)(F)F)c2)cc1F. The van der Waals surface area contributed by atoms with E-state index < -0.39 is 57.6 Å². The highest BCUT2D eigenvalue weighted by Gasteiger charge is 2.32. The Hall–Kier alpha value is -2.64. The van der Waals surface area contributed by atoms with Crippen LogP contribution in [0.3, 0.4) is 0 Å². The van der Waals surface area contributed by atoms with Gasteiger partial charge in [-0.15, -0.1) is 13.2 Å². The van der Waals surface area contributed by atoms with Crippen LogP contribution in [0.1, 0.15) is 15.9 Å². The van der Waals surface area contributed by atoms with E-state index in [1.165, 1.54) is 6.07 Å². The largest absolute Gasteiger partial charge is 0.573 e. The number of hydrogen-bond donors (Lipinski definition) is 1. The second kappa shape index (κ2) is 9.24. The fourth-order valence-corrected chi connectivity index (χ4v) is 2.76. The highest BCUT2D eigenvalue weighted by atomic mass is 35.5. The molecule has 0 unspecified atom stereocenters. The molecule has 0 atom stereocenters. The minimum atomic E-state index is -5.01. The fraction of sp³-hybridized carbons (Fsp3) is 0.235. The molecule has 1 N–H and O–H groups in total. The molecular formula is C17H14ClF5N2O5S. The van der Waals surface area contributed by atoms with E-state index in [4.69, 9.17) is 16.3 Å². The molecule has 0 saturated heterocycles. The molecule has 0 saturated carbocycles. The van der Waals surface area contributed by atoms with Crippen molar-refractivity contribution >= 4 is 27.7 Å². The number of ether oxygens (including phenoxy) is 2. The van der Waals surface area contributed by atoms with E-state index in [0.29, 0.717) is 16.4 Å². The second-order valence-corrected chi connectivity index (χ2v) is 8.36. The quantitative estimate of drug-likeness (QED) is 0.602. The first-order valence-electron chi connectivity index (χ1n) is 8.10. The summed E-state index contributed by atoms with van der Waals surface area (Å²) in [6.45, 7) is -0.631. The van der Waals surface area contributed by atoms with Crippen molar-refractivity contribution in [2.24, 2.45) is 0 Å². The molecule has 0 spiro atoms. The van der Waals surface area contributed by atoms with Crippen LogP contribution in [-0.4, -0.2) is 39.1 Å². The van der Waals surface area contributed by atoms with Crippen LogP contribution in [0.15, 0.2) is 30.3 Å². The summed E-state index contributed by atoms with van der Waals surface area (Å²) < 4.78 is 99.9. The van der Waals surface area contributed by atoms with Crippen LogP contribution in [-0.2, 0) is 16.8 Å². The van der Waals surface area contributed by atoms with Gasteiger partial charge in [0.1, 0.15) is 24.0 Å². The van der Waals surface area contributed by atoms with Crippen LogP contribution in [0.25, 0.3) is 0 Å². The van der Waals surface area contributed by atoms with Crippen LogP contribution >= 0.6 is 11.6 Å². The number of nitrogens with zero attached hydrogens (tertiary/aromatic N) is 1. The molecule has 170 valence electrons. The summed E-state index contributed by atoms with van der Waals surface area (Å²) in [5, 5.41) is -0.357. The molecule has 2 rings (SSSR count). The minimum absolute atomic E-state index is 0.192. The van der Waals surface area contributed by atoms with Crippen LogP contribution in [0.5, 0.6) is 11.5 Å². The van der Waals surface area contributed by atoms with Crippen molar-refractivity contribution in [3.8, 4) is 11.5 Å².